The number of hydrogen-bond acceptors (Lipinski definition) is 0. The monoisotopic (exact) mass is 98.1 g/mol. The Kier molecular flexibility index (Phi) is 2.21. The molecule has 1 fully saturated rings. The van der Waals surface area contributed by atoms with E-state index in [2.05, 4.69) is 5.32 Å². The van der Waals surface area contributed by atoms with Gasteiger partial charge >= 0.3 is 0 Å². The van der Waals surface area contributed by atoms with E-state index in [9.17, 15) is 0 Å². The molecular weight excluding hydrogens is 86.1 g/mol. The molecule has 0 radical (unpaired) electrons. The molecule has 1 saturated heterocycles. The Morgan fingerprint density at radius 2 is 1.29 bits per heavy atom. The van der Waals surface area contributed by atoms with Gasteiger partial charge in [0.15, 0.2) is 0 Å². The molecule has 1 rings (SSSR count). The van der Waals surface area contributed by atoms with Crippen LogP contribution in [0.3, 0.4) is 0 Å². The maximum Gasteiger partial charge on any atom is -0.0550 e. The van der Waals surface area contributed by atoms with E-state index in [1.54, 1.807) is 0 Å². The van der Waals surface area contributed by atoms with Crippen LogP contribution < -0.4 is 0 Å². The van der Waals surface area contributed by atoms with Crippen molar-refractivity contribution >= 4 is 0 Å². The fraction of sp³-hybridized carbons (Fsp3) is 1.00. The summed E-state index contributed by atoms with van der Waals surface area (Å²) >= 11 is 0. The summed E-state index contributed by atoms with van der Waals surface area (Å²) in [5, 5.41) is 4.27. The number of nitrogens with zero attached hydrogens (tertiary/aromatic N) is 1. The van der Waals surface area contributed by atoms with E-state index in [1.807, 2.05) is 0 Å². The third-order valence-corrected chi connectivity index (χ3v) is 1.38. The third kappa shape index (κ3) is 1.93. The van der Waals surface area contributed by atoms with Crippen LogP contribution in [0.25, 0.3) is 5.32 Å². The summed E-state index contributed by atoms with van der Waals surface area (Å²) in [6.07, 6.45) is 5.48. The smallest absolute Gasteiger partial charge is 0.0550 e. The maximum atomic E-state index is 4.27. The second-order valence-electron chi connectivity index (χ2n) is 2.09. The first-order chi connectivity index (χ1) is 3.50. The van der Waals surface area contributed by atoms with Gasteiger partial charge in [-0.1, -0.05) is 25.7 Å². The highest BCUT2D eigenvalue weighted by Crippen LogP contribution is 2.08. The Bertz CT molecular complexity index is 23.8. The largest absolute Gasteiger partial charge is 0.662 e. The van der Waals surface area contributed by atoms with Gasteiger partial charge in [0.05, 0.1) is 0 Å². The Morgan fingerprint density at radius 1 is 0.714 bits per heavy atom. The van der Waals surface area contributed by atoms with Crippen molar-refractivity contribution in [3.63, 3.8) is 0 Å². The maximum absolute atomic E-state index is 4.27. The predicted molar refractivity (Wildman–Crippen MR) is 31.6 cm³/mol. The van der Waals surface area contributed by atoms with Crippen molar-refractivity contribution in [2.24, 2.45) is 0 Å². The minimum Gasteiger partial charge on any atom is -0.662 e. The number of rotatable bonds is 0. The minimum absolute atomic E-state index is 1.12. The molecule has 0 N–H and O–H groups in total. The van der Waals surface area contributed by atoms with Crippen molar-refractivity contribution in [1.29, 1.82) is 0 Å². The summed E-state index contributed by atoms with van der Waals surface area (Å²) in [7, 11) is 0. The van der Waals surface area contributed by atoms with Gasteiger partial charge < -0.3 is 5.32 Å². The second-order valence-corrected chi connectivity index (χ2v) is 2.09. The van der Waals surface area contributed by atoms with Gasteiger partial charge in [0.25, 0.3) is 0 Å². The quantitative estimate of drug-likeness (QED) is 0.439. The molecular formula is C6H12N-. The molecule has 1 aliphatic rings. The number of hydrogen-bond donors (Lipinski definition) is 0. The van der Waals surface area contributed by atoms with Crippen LogP contribution in [0.4, 0.5) is 0 Å². The normalized spacial score (nSPS) is 24.0. The predicted octanol–water partition coefficient (Wildman–Crippen LogP) is 1.93. The van der Waals surface area contributed by atoms with Crippen LogP contribution in [0.1, 0.15) is 25.7 Å². The van der Waals surface area contributed by atoms with E-state index in [0.717, 1.165) is 13.1 Å². The van der Waals surface area contributed by atoms with E-state index in [-0.39, 0.29) is 0 Å². The highest BCUT2D eigenvalue weighted by molar-refractivity contribution is 4.80. The molecule has 1 nitrogen and oxygen atoms in total. The van der Waals surface area contributed by atoms with E-state index < -0.39 is 0 Å². The molecule has 0 atom stereocenters. The van der Waals surface area contributed by atoms with Crippen molar-refractivity contribution in [2.45, 2.75) is 25.7 Å². The second kappa shape index (κ2) is 3.03. The Hall–Kier alpha value is -0.0400. The summed E-state index contributed by atoms with van der Waals surface area (Å²) in [4.78, 5) is 0. The van der Waals surface area contributed by atoms with E-state index in [1.165, 1.54) is 25.7 Å². The van der Waals surface area contributed by atoms with Crippen LogP contribution in [0.15, 0.2) is 0 Å². The molecule has 1 heterocycles. The average molecular weight is 98.2 g/mol. The van der Waals surface area contributed by atoms with Crippen LogP contribution in [0, 0.1) is 0 Å². The SMILES string of the molecule is C1CCC[N-]CC1. The molecule has 0 unspecified atom stereocenters. The molecule has 0 spiro atoms. The van der Waals surface area contributed by atoms with Gasteiger partial charge in [-0.25, -0.2) is 0 Å². The van der Waals surface area contributed by atoms with Crippen molar-refractivity contribution in [3.8, 4) is 0 Å². The molecule has 1 heteroatoms. The van der Waals surface area contributed by atoms with Gasteiger partial charge in [0.2, 0.25) is 0 Å². The zero-order valence-corrected chi connectivity index (χ0v) is 4.69. The molecule has 1 aliphatic heterocycles. The zero-order chi connectivity index (χ0) is 4.95. The van der Waals surface area contributed by atoms with Gasteiger partial charge in [0.1, 0.15) is 0 Å². The summed E-state index contributed by atoms with van der Waals surface area (Å²) in [6.45, 7) is 2.25. The van der Waals surface area contributed by atoms with E-state index in [4.69, 9.17) is 0 Å². The lowest BCUT2D eigenvalue weighted by molar-refractivity contribution is 0.726. The van der Waals surface area contributed by atoms with E-state index >= 15 is 0 Å². The molecule has 0 aromatic rings. The van der Waals surface area contributed by atoms with Crippen molar-refractivity contribution in [3.05, 3.63) is 5.32 Å². The minimum atomic E-state index is 1.12. The van der Waals surface area contributed by atoms with Gasteiger partial charge in [-0.15, -0.1) is 13.1 Å². The van der Waals surface area contributed by atoms with Crippen molar-refractivity contribution in [1.82, 2.24) is 0 Å². The average Bonchev–Trinajstić information content (AvgIpc) is 1.90. The Labute approximate surface area is 45.1 Å². The molecule has 0 aliphatic carbocycles. The summed E-state index contributed by atoms with van der Waals surface area (Å²) in [6, 6.07) is 0. The van der Waals surface area contributed by atoms with Crippen LogP contribution in [-0.2, 0) is 0 Å². The van der Waals surface area contributed by atoms with Crippen LogP contribution in [0.2, 0.25) is 0 Å². The van der Waals surface area contributed by atoms with Crippen LogP contribution in [0.5, 0.6) is 0 Å². The highest BCUT2D eigenvalue weighted by Gasteiger charge is 1.86. The standard InChI is InChI=1S/C6H12N/c1-2-4-6-7-5-3-1/h1-6H2/q-1. The van der Waals surface area contributed by atoms with E-state index in [0.29, 0.717) is 0 Å². The summed E-state index contributed by atoms with van der Waals surface area (Å²) < 4.78 is 0. The van der Waals surface area contributed by atoms with Crippen LogP contribution >= 0.6 is 0 Å². The molecule has 0 amide bonds. The summed E-state index contributed by atoms with van der Waals surface area (Å²) in [5.41, 5.74) is 0. The first kappa shape index (κ1) is 5.10. The highest BCUT2D eigenvalue weighted by atomic mass is 14.8. The molecule has 0 aromatic heterocycles. The zero-order valence-electron chi connectivity index (χ0n) is 4.69. The fourth-order valence-electron chi connectivity index (χ4n) is 0.913. The Morgan fingerprint density at radius 3 is 1.86 bits per heavy atom. The molecule has 0 bridgehead atoms. The summed E-state index contributed by atoms with van der Waals surface area (Å²) in [5.74, 6) is 0. The lowest BCUT2D eigenvalue weighted by atomic mass is 10.2. The Balaban J connectivity index is 2.04. The van der Waals surface area contributed by atoms with Gasteiger partial charge in [-0.2, -0.15) is 0 Å². The molecule has 42 valence electrons. The lowest BCUT2D eigenvalue weighted by Gasteiger charge is -2.11. The molecule has 0 saturated carbocycles. The molecule has 0 aromatic carbocycles. The van der Waals surface area contributed by atoms with Crippen molar-refractivity contribution in [2.75, 3.05) is 13.1 Å². The third-order valence-electron chi connectivity index (χ3n) is 1.38. The van der Waals surface area contributed by atoms with Gasteiger partial charge in [-0.05, 0) is 0 Å². The fourth-order valence-corrected chi connectivity index (χ4v) is 0.913. The van der Waals surface area contributed by atoms with Gasteiger partial charge in [-0.3, -0.25) is 0 Å². The van der Waals surface area contributed by atoms with Gasteiger partial charge in [0, 0.05) is 0 Å². The first-order valence-corrected chi connectivity index (χ1v) is 3.13. The molecule has 7 heavy (non-hydrogen) atoms. The first-order valence-electron chi connectivity index (χ1n) is 3.13. The lowest BCUT2D eigenvalue weighted by Crippen LogP contribution is -1.79. The van der Waals surface area contributed by atoms with Crippen LogP contribution in [-0.4, -0.2) is 13.1 Å². The topological polar surface area (TPSA) is 14.1 Å². The van der Waals surface area contributed by atoms with Crippen molar-refractivity contribution < 1.29 is 0 Å².